The highest BCUT2D eigenvalue weighted by atomic mass is 16.6. The van der Waals surface area contributed by atoms with Crippen LogP contribution in [0, 0.1) is 0 Å². The van der Waals surface area contributed by atoms with E-state index >= 15 is 0 Å². The second-order valence-electron chi connectivity index (χ2n) is 5.36. The van der Waals surface area contributed by atoms with Crippen LogP contribution in [0.1, 0.15) is 38.3 Å². The molecule has 0 fully saturated rings. The topological polar surface area (TPSA) is 70.5 Å². The van der Waals surface area contributed by atoms with Gasteiger partial charge in [-0.05, 0) is 24.1 Å². The molecule has 21 heavy (non-hydrogen) atoms. The van der Waals surface area contributed by atoms with Crippen molar-refractivity contribution in [1.29, 1.82) is 0 Å². The molecule has 0 amide bonds. The zero-order valence-electron chi connectivity index (χ0n) is 12.4. The average molecular weight is 288 g/mol. The summed E-state index contributed by atoms with van der Waals surface area (Å²) < 4.78 is 16.4. The van der Waals surface area contributed by atoms with E-state index in [9.17, 15) is 0 Å². The van der Waals surface area contributed by atoms with E-state index in [1.165, 1.54) is 0 Å². The SMILES string of the molecule is CCCC(C)c1noc(N)c1-c1ccc2c(c1)OCCO2. The van der Waals surface area contributed by atoms with Gasteiger partial charge < -0.3 is 19.7 Å². The van der Waals surface area contributed by atoms with E-state index in [-0.39, 0.29) is 0 Å². The van der Waals surface area contributed by atoms with Gasteiger partial charge in [0.1, 0.15) is 13.2 Å². The van der Waals surface area contributed by atoms with Crippen molar-refractivity contribution < 1.29 is 14.0 Å². The van der Waals surface area contributed by atoms with Gasteiger partial charge in [-0.15, -0.1) is 0 Å². The van der Waals surface area contributed by atoms with Gasteiger partial charge in [-0.25, -0.2) is 0 Å². The second-order valence-corrected chi connectivity index (χ2v) is 5.36. The van der Waals surface area contributed by atoms with Gasteiger partial charge >= 0.3 is 0 Å². The maximum atomic E-state index is 5.98. The Bertz CT molecular complexity index is 636. The molecule has 2 aromatic rings. The molecular formula is C16H20N2O3. The molecule has 0 saturated heterocycles. The van der Waals surface area contributed by atoms with E-state index in [0.717, 1.165) is 41.2 Å². The standard InChI is InChI=1S/C16H20N2O3/c1-3-4-10(2)15-14(16(17)21-18-15)11-5-6-12-13(9-11)20-8-7-19-12/h5-6,9-10H,3-4,7-8,17H2,1-2H3. The maximum Gasteiger partial charge on any atom is 0.230 e. The number of ether oxygens (including phenoxy) is 2. The monoisotopic (exact) mass is 288 g/mol. The first-order valence-electron chi connectivity index (χ1n) is 7.35. The Hall–Kier alpha value is -2.17. The molecule has 2 N–H and O–H groups in total. The number of hydrogen-bond acceptors (Lipinski definition) is 5. The van der Waals surface area contributed by atoms with Crippen LogP contribution in [0.2, 0.25) is 0 Å². The molecule has 0 saturated carbocycles. The first-order chi connectivity index (χ1) is 10.2. The third-order valence-corrected chi connectivity index (χ3v) is 3.76. The lowest BCUT2D eigenvalue weighted by atomic mass is 9.95. The molecule has 1 aromatic heterocycles. The number of aromatic nitrogens is 1. The smallest absolute Gasteiger partial charge is 0.230 e. The van der Waals surface area contributed by atoms with Crippen LogP contribution in [0.5, 0.6) is 11.5 Å². The minimum Gasteiger partial charge on any atom is -0.486 e. The van der Waals surface area contributed by atoms with Crippen LogP contribution < -0.4 is 15.2 Å². The quantitative estimate of drug-likeness (QED) is 0.930. The van der Waals surface area contributed by atoms with E-state index in [2.05, 4.69) is 19.0 Å². The van der Waals surface area contributed by atoms with Crippen molar-refractivity contribution in [2.45, 2.75) is 32.6 Å². The summed E-state index contributed by atoms with van der Waals surface area (Å²) in [6, 6.07) is 5.82. The lowest BCUT2D eigenvalue weighted by Crippen LogP contribution is -2.15. The Kier molecular flexibility index (Phi) is 3.73. The van der Waals surface area contributed by atoms with Gasteiger partial charge in [0.15, 0.2) is 11.5 Å². The number of fused-ring (bicyclic) bond motifs is 1. The maximum absolute atomic E-state index is 5.98. The predicted octanol–water partition coefficient (Wildman–Crippen LogP) is 3.60. The first-order valence-corrected chi connectivity index (χ1v) is 7.35. The third-order valence-electron chi connectivity index (χ3n) is 3.76. The zero-order chi connectivity index (χ0) is 14.8. The van der Waals surface area contributed by atoms with Gasteiger partial charge in [0.05, 0.1) is 11.3 Å². The Balaban J connectivity index is 2.02. The minimum atomic E-state index is 0.305. The molecule has 1 unspecified atom stereocenters. The molecule has 0 radical (unpaired) electrons. The fourth-order valence-corrected chi connectivity index (χ4v) is 2.71. The zero-order valence-corrected chi connectivity index (χ0v) is 12.4. The van der Waals surface area contributed by atoms with Crippen LogP contribution >= 0.6 is 0 Å². The molecule has 1 atom stereocenters. The molecule has 0 spiro atoms. The van der Waals surface area contributed by atoms with Crippen molar-refractivity contribution in [2.24, 2.45) is 0 Å². The number of nitrogens with two attached hydrogens (primary N) is 1. The van der Waals surface area contributed by atoms with Crippen LogP contribution in [0.15, 0.2) is 22.7 Å². The molecule has 3 rings (SSSR count). The number of hydrogen-bond donors (Lipinski definition) is 1. The molecule has 1 aliphatic heterocycles. The normalized spacial score (nSPS) is 15.0. The van der Waals surface area contributed by atoms with Gasteiger partial charge in [-0.1, -0.05) is 31.5 Å². The third kappa shape index (κ3) is 2.55. The Morgan fingerprint density at radius 1 is 1.24 bits per heavy atom. The van der Waals surface area contributed by atoms with Crippen molar-refractivity contribution in [3.8, 4) is 22.6 Å². The lowest BCUT2D eigenvalue weighted by Gasteiger charge is -2.19. The fraction of sp³-hybridized carbons (Fsp3) is 0.438. The van der Waals surface area contributed by atoms with E-state index in [1.54, 1.807) is 0 Å². The first kappa shape index (κ1) is 13.8. The highest BCUT2D eigenvalue weighted by Gasteiger charge is 2.22. The fourth-order valence-electron chi connectivity index (χ4n) is 2.71. The predicted molar refractivity (Wildman–Crippen MR) is 80.7 cm³/mol. The summed E-state index contributed by atoms with van der Waals surface area (Å²) in [6.07, 6.45) is 2.14. The van der Waals surface area contributed by atoms with E-state index < -0.39 is 0 Å². The summed E-state index contributed by atoms with van der Waals surface area (Å²) in [5.41, 5.74) is 8.71. The van der Waals surface area contributed by atoms with E-state index in [1.807, 2.05) is 18.2 Å². The molecule has 5 nitrogen and oxygen atoms in total. The number of rotatable bonds is 4. The minimum absolute atomic E-state index is 0.305. The van der Waals surface area contributed by atoms with Crippen molar-refractivity contribution in [1.82, 2.24) is 5.16 Å². The van der Waals surface area contributed by atoms with Gasteiger partial charge in [0.25, 0.3) is 0 Å². The number of nitrogens with zero attached hydrogens (tertiary/aromatic N) is 1. The highest BCUT2D eigenvalue weighted by Crippen LogP contribution is 2.40. The van der Waals surface area contributed by atoms with Crippen LogP contribution in [0.3, 0.4) is 0 Å². The number of nitrogen functional groups attached to an aromatic ring is 1. The molecule has 0 aliphatic carbocycles. The van der Waals surface area contributed by atoms with Crippen LogP contribution in [0.4, 0.5) is 5.88 Å². The average Bonchev–Trinajstić information content (AvgIpc) is 2.89. The van der Waals surface area contributed by atoms with E-state index in [4.69, 9.17) is 19.7 Å². The lowest BCUT2D eigenvalue weighted by molar-refractivity contribution is 0.171. The summed E-state index contributed by atoms with van der Waals surface area (Å²) in [7, 11) is 0. The molecule has 2 heterocycles. The molecule has 5 heteroatoms. The van der Waals surface area contributed by atoms with Gasteiger partial charge in [-0.3, -0.25) is 0 Å². The highest BCUT2D eigenvalue weighted by molar-refractivity contribution is 5.77. The summed E-state index contributed by atoms with van der Waals surface area (Å²) >= 11 is 0. The molecule has 1 aliphatic rings. The van der Waals surface area contributed by atoms with Crippen LogP contribution in [-0.4, -0.2) is 18.4 Å². The summed E-state index contributed by atoms with van der Waals surface area (Å²) in [5.74, 6) is 2.17. The van der Waals surface area contributed by atoms with Crippen molar-refractivity contribution in [3.05, 3.63) is 23.9 Å². The second kappa shape index (κ2) is 5.68. The Morgan fingerprint density at radius 3 is 2.76 bits per heavy atom. The number of benzene rings is 1. The van der Waals surface area contributed by atoms with Crippen molar-refractivity contribution in [2.75, 3.05) is 18.9 Å². The van der Waals surface area contributed by atoms with Gasteiger partial charge in [0, 0.05) is 5.92 Å². The van der Waals surface area contributed by atoms with Gasteiger partial charge in [-0.2, -0.15) is 0 Å². The molecule has 0 bridgehead atoms. The molecular weight excluding hydrogens is 268 g/mol. The van der Waals surface area contributed by atoms with Crippen molar-refractivity contribution in [3.63, 3.8) is 0 Å². The van der Waals surface area contributed by atoms with Crippen LogP contribution in [0.25, 0.3) is 11.1 Å². The molecule has 112 valence electrons. The summed E-state index contributed by atoms with van der Waals surface area (Å²) in [4.78, 5) is 0. The number of anilines is 1. The van der Waals surface area contributed by atoms with Gasteiger partial charge in [0.2, 0.25) is 5.88 Å². The largest absolute Gasteiger partial charge is 0.486 e. The summed E-state index contributed by atoms with van der Waals surface area (Å²) in [6.45, 7) is 5.45. The van der Waals surface area contributed by atoms with Crippen LogP contribution in [-0.2, 0) is 0 Å². The van der Waals surface area contributed by atoms with Crippen molar-refractivity contribution >= 4 is 5.88 Å². The Morgan fingerprint density at radius 2 is 2.00 bits per heavy atom. The summed E-state index contributed by atoms with van der Waals surface area (Å²) in [5, 5.41) is 4.15. The van der Waals surface area contributed by atoms with E-state index in [0.29, 0.717) is 25.0 Å². The molecule has 1 aromatic carbocycles. The Labute approximate surface area is 124 Å².